The number of imidazole rings is 1. The molecule has 2 N–H and O–H groups in total. The summed E-state index contributed by atoms with van der Waals surface area (Å²) in [6, 6.07) is 19.0. The zero-order valence-corrected chi connectivity index (χ0v) is 18.9. The Bertz CT molecular complexity index is 1020. The van der Waals surface area contributed by atoms with Crippen molar-refractivity contribution in [2.24, 2.45) is 4.99 Å². The fraction of sp³-hybridized carbons (Fsp3) is 0.360. The molecular formula is C25H32N6O. The number of nitrogens with zero attached hydrogens (tertiary/aromatic N) is 4. The van der Waals surface area contributed by atoms with E-state index in [9.17, 15) is 0 Å². The van der Waals surface area contributed by atoms with Gasteiger partial charge in [-0.2, -0.15) is 0 Å². The number of anilines is 1. The SMILES string of the molecule is CN=C(NCc1nccn1CCc1ccccc1)NC1CCN(c2ccccc2OC)C1. The van der Waals surface area contributed by atoms with Gasteiger partial charge in [-0.15, -0.1) is 0 Å². The number of methoxy groups -OCH3 is 1. The lowest BCUT2D eigenvalue weighted by atomic mass is 10.1. The van der Waals surface area contributed by atoms with E-state index in [1.165, 1.54) is 5.56 Å². The molecule has 168 valence electrons. The summed E-state index contributed by atoms with van der Waals surface area (Å²) < 4.78 is 7.73. The van der Waals surface area contributed by atoms with E-state index in [1.807, 2.05) is 31.6 Å². The third-order valence-electron chi connectivity index (χ3n) is 5.88. The molecule has 1 fully saturated rings. The topological polar surface area (TPSA) is 66.7 Å². The van der Waals surface area contributed by atoms with Crippen LogP contribution in [-0.2, 0) is 19.5 Å². The number of guanidine groups is 1. The Morgan fingerprint density at radius 2 is 1.97 bits per heavy atom. The Balaban J connectivity index is 1.28. The van der Waals surface area contributed by atoms with Gasteiger partial charge < -0.3 is 24.8 Å². The van der Waals surface area contributed by atoms with Gasteiger partial charge in [-0.3, -0.25) is 4.99 Å². The first-order valence-electron chi connectivity index (χ1n) is 11.2. The standard InChI is InChI=1S/C25H32N6O/c1-26-25(29-21-13-16-31(19-21)22-10-6-7-11-23(22)32-2)28-18-24-27-14-17-30(24)15-12-20-8-4-3-5-9-20/h3-11,14,17,21H,12-13,15-16,18-19H2,1-2H3,(H2,26,28,29). The molecule has 2 aromatic carbocycles. The van der Waals surface area contributed by atoms with Crippen LogP contribution in [0.5, 0.6) is 5.75 Å². The fourth-order valence-corrected chi connectivity index (χ4v) is 4.14. The first-order chi connectivity index (χ1) is 15.8. The number of ether oxygens (including phenoxy) is 1. The number of nitrogens with one attached hydrogen (secondary N) is 2. The lowest BCUT2D eigenvalue weighted by molar-refractivity contribution is 0.415. The molecular weight excluding hydrogens is 400 g/mol. The van der Waals surface area contributed by atoms with Gasteiger partial charge in [0.15, 0.2) is 5.96 Å². The van der Waals surface area contributed by atoms with Gasteiger partial charge in [0.05, 0.1) is 19.3 Å². The lowest BCUT2D eigenvalue weighted by Crippen LogP contribution is -2.44. The van der Waals surface area contributed by atoms with Crippen molar-refractivity contribution < 1.29 is 4.74 Å². The van der Waals surface area contributed by atoms with Crippen LogP contribution in [0.15, 0.2) is 72.0 Å². The van der Waals surface area contributed by atoms with Gasteiger partial charge in [-0.1, -0.05) is 42.5 Å². The van der Waals surface area contributed by atoms with Crippen LogP contribution in [0.4, 0.5) is 5.69 Å². The van der Waals surface area contributed by atoms with E-state index in [2.05, 4.69) is 72.5 Å². The van der Waals surface area contributed by atoms with Crippen molar-refractivity contribution in [2.75, 3.05) is 32.1 Å². The molecule has 0 aliphatic carbocycles. The van der Waals surface area contributed by atoms with E-state index in [4.69, 9.17) is 4.74 Å². The smallest absolute Gasteiger partial charge is 0.191 e. The van der Waals surface area contributed by atoms with Crippen molar-refractivity contribution in [2.45, 2.75) is 32.0 Å². The van der Waals surface area contributed by atoms with E-state index in [1.54, 1.807) is 7.11 Å². The van der Waals surface area contributed by atoms with Crippen LogP contribution in [0.2, 0.25) is 0 Å². The predicted octanol–water partition coefficient (Wildman–Crippen LogP) is 3.08. The molecule has 4 rings (SSSR count). The minimum Gasteiger partial charge on any atom is -0.495 e. The number of rotatable bonds is 8. The number of para-hydroxylation sites is 2. The minimum atomic E-state index is 0.323. The number of hydrogen-bond donors (Lipinski definition) is 2. The zero-order valence-electron chi connectivity index (χ0n) is 18.9. The van der Waals surface area contributed by atoms with E-state index in [0.29, 0.717) is 12.6 Å². The highest BCUT2D eigenvalue weighted by Crippen LogP contribution is 2.30. The van der Waals surface area contributed by atoms with Crippen molar-refractivity contribution in [3.05, 3.63) is 78.4 Å². The van der Waals surface area contributed by atoms with Crippen molar-refractivity contribution >= 4 is 11.6 Å². The molecule has 2 heterocycles. The number of aryl methyl sites for hydroxylation is 2. The first kappa shape index (κ1) is 21.7. The largest absolute Gasteiger partial charge is 0.495 e. The molecule has 3 aromatic rings. The van der Waals surface area contributed by atoms with E-state index < -0.39 is 0 Å². The molecule has 1 aliphatic heterocycles. The maximum Gasteiger partial charge on any atom is 0.191 e. The summed E-state index contributed by atoms with van der Waals surface area (Å²) in [5.74, 6) is 2.72. The molecule has 7 heteroatoms. The van der Waals surface area contributed by atoms with Crippen LogP contribution in [0.25, 0.3) is 0 Å². The second-order valence-electron chi connectivity index (χ2n) is 7.95. The minimum absolute atomic E-state index is 0.323. The summed E-state index contributed by atoms with van der Waals surface area (Å²) in [7, 11) is 3.53. The summed E-state index contributed by atoms with van der Waals surface area (Å²) in [5, 5.41) is 6.99. The summed E-state index contributed by atoms with van der Waals surface area (Å²) in [4.78, 5) is 11.3. The average molecular weight is 433 g/mol. The summed E-state index contributed by atoms with van der Waals surface area (Å²) >= 11 is 0. The van der Waals surface area contributed by atoms with Crippen molar-refractivity contribution in [1.82, 2.24) is 20.2 Å². The van der Waals surface area contributed by atoms with Gasteiger partial charge in [0.1, 0.15) is 11.6 Å². The average Bonchev–Trinajstić information content (AvgIpc) is 3.50. The van der Waals surface area contributed by atoms with Crippen molar-refractivity contribution in [1.29, 1.82) is 0 Å². The van der Waals surface area contributed by atoms with Crippen LogP contribution < -0.4 is 20.3 Å². The number of benzene rings is 2. The van der Waals surface area contributed by atoms with E-state index >= 15 is 0 Å². The Morgan fingerprint density at radius 3 is 2.78 bits per heavy atom. The lowest BCUT2D eigenvalue weighted by Gasteiger charge is -2.22. The predicted molar refractivity (Wildman–Crippen MR) is 129 cm³/mol. The molecule has 7 nitrogen and oxygen atoms in total. The molecule has 1 unspecified atom stereocenters. The van der Waals surface area contributed by atoms with Crippen LogP contribution in [0.1, 0.15) is 17.8 Å². The van der Waals surface area contributed by atoms with Gasteiger partial charge in [0.25, 0.3) is 0 Å². The Hall–Kier alpha value is -3.48. The molecule has 0 bridgehead atoms. The summed E-state index contributed by atoms with van der Waals surface area (Å²) in [6.45, 7) is 3.43. The molecule has 1 aromatic heterocycles. The van der Waals surface area contributed by atoms with Gasteiger partial charge in [0.2, 0.25) is 0 Å². The third kappa shape index (κ3) is 5.41. The second kappa shape index (κ2) is 10.7. The third-order valence-corrected chi connectivity index (χ3v) is 5.88. The summed E-state index contributed by atoms with van der Waals surface area (Å²) in [6.07, 6.45) is 5.93. The van der Waals surface area contributed by atoms with Crippen LogP contribution in [0, 0.1) is 0 Å². The molecule has 0 radical (unpaired) electrons. The molecule has 0 amide bonds. The first-order valence-corrected chi connectivity index (χ1v) is 11.2. The Kier molecular flexibility index (Phi) is 7.27. The van der Waals surface area contributed by atoms with E-state index in [0.717, 1.165) is 55.7 Å². The molecule has 1 aliphatic rings. The molecule has 1 atom stereocenters. The Labute approximate surface area is 190 Å². The van der Waals surface area contributed by atoms with Crippen molar-refractivity contribution in [3.63, 3.8) is 0 Å². The van der Waals surface area contributed by atoms with Gasteiger partial charge >= 0.3 is 0 Å². The maximum absolute atomic E-state index is 5.53. The zero-order chi connectivity index (χ0) is 22.2. The van der Waals surface area contributed by atoms with Crippen LogP contribution in [0.3, 0.4) is 0 Å². The number of hydrogen-bond acceptors (Lipinski definition) is 4. The number of aromatic nitrogens is 2. The highest BCUT2D eigenvalue weighted by atomic mass is 16.5. The van der Waals surface area contributed by atoms with Crippen LogP contribution in [-0.4, -0.2) is 48.8 Å². The second-order valence-corrected chi connectivity index (χ2v) is 7.95. The van der Waals surface area contributed by atoms with Gasteiger partial charge in [-0.25, -0.2) is 4.98 Å². The molecule has 0 saturated carbocycles. The van der Waals surface area contributed by atoms with Crippen LogP contribution >= 0.6 is 0 Å². The monoisotopic (exact) mass is 432 g/mol. The van der Waals surface area contributed by atoms with Gasteiger partial charge in [0, 0.05) is 45.1 Å². The molecule has 32 heavy (non-hydrogen) atoms. The Morgan fingerprint density at radius 1 is 1.16 bits per heavy atom. The maximum atomic E-state index is 5.53. The molecule has 1 saturated heterocycles. The fourth-order valence-electron chi connectivity index (χ4n) is 4.14. The quantitative estimate of drug-likeness (QED) is 0.423. The number of aliphatic imine (C=N–C) groups is 1. The van der Waals surface area contributed by atoms with Gasteiger partial charge in [-0.05, 0) is 30.5 Å². The highest BCUT2D eigenvalue weighted by Gasteiger charge is 2.25. The molecule has 0 spiro atoms. The van der Waals surface area contributed by atoms with Crippen molar-refractivity contribution in [3.8, 4) is 5.75 Å². The van der Waals surface area contributed by atoms with E-state index in [-0.39, 0.29) is 0 Å². The highest BCUT2D eigenvalue weighted by molar-refractivity contribution is 5.80. The summed E-state index contributed by atoms with van der Waals surface area (Å²) in [5.41, 5.74) is 2.47. The normalized spacial score (nSPS) is 16.2.